The molecule has 0 bridgehead atoms. The standard InChI is InChI=1S/C21H30N6O2.HI/c1-22-20(26-12-14-27(15-13-26)21-24-10-5-11-25-21)23-9-4-6-17-7-8-18(28-2)19(16-17)29-3;/h5,7-8,10-11,16H,4,6,9,12-15H2,1-3H3,(H,22,23);1H. The molecule has 1 fully saturated rings. The average molecular weight is 526 g/mol. The fraction of sp³-hybridized carbons (Fsp3) is 0.476. The van der Waals surface area contributed by atoms with E-state index in [9.17, 15) is 0 Å². The van der Waals surface area contributed by atoms with Gasteiger partial charge in [-0.05, 0) is 36.6 Å². The molecule has 1 N–H and O–H groups in total. The van der Waals surface area contributed by atoms with Crippen molar-refractivity contribution in [3.8, 4) is 11.5 Å². The number of anilines is 1. The minimum absolute atomic E-state index is 0. The second-order valence-corrected chi connectivity index (χ2v) is 6.79. The number of ether oxygens (including phenoxy) is 2. The van der Waals surface area contributed by atoms with Gasteiger partial charge in [-0.3, -0.25) is 4.99 Å². The van der Waals surface area contributed by atoms with Crippen molar-refractivity contribution in [1.29, 1.82) is 0 Å². The molecule has 0 saturated carbocycles. The fourth-order valence-electron chi connectivity index (χ4n) is 3.43. The highest BCUT2D eigenvalue weighted by molar-refractivity contribution is 14.0. The van der Waals surface area contributed by atoms with Crippen LogP contribution in [0.4, 0.5) is 5.95 Å². The van der Waals surface area contributed by atoms with Gasteiger partial charge in [-0.1, -0.05) is 6.07 Å². The summed E-state index contributed by atoms with van der Waals surface area (Å²) in [5.41, 5.74) is 1.23. The van der Waals surface area contributed by atoms with Crippen molar-refractivity contribution in [3.05, 3.63) is 42.2 Å². The van der Waals surface area contributed by atoms with Crippen LogP contribution in [0, 0.1) is 0 Å². The van der Waals surface area contributed by atoms with Crippen molar-refractivity contribution in [1.82, 2.24) is 20.2 Å². The number of hydrogen-bond acceptors (Lipinski definition) is 6. The summed E-state index contributed by atoms with van der Waals surface area (Å²) in [5, 5.41) is 3.49. The topological polar surface area (TPSA) is 75.1 Å². The lowest BCUT2D eigenvalue weighted by atomic mass is 10.1. The molecule has 1 aromatic carbocycles. The van der Waals surface area contributed by atoms with Gasteiger partial charge >= 0.3 is 0 Å². The van der Waals surface area contributed by atoms with Crippen LogP contribution in [-0.2, 0) is 6.42 Å². The van der Waals surface area contributed by atoms with Gasteiger partial charge in [0.15, 0.2) is 17.5 Å². The van der Waals surface area contributed by atoms with E-state index in [2.05, 4.69) is 36.1 Å². The number of guanidine groups is 1. The molecule has 0 spiro atoms. The normalized spacial score (nSPS) is 14.2. The Morgan fingerprint density at radius 3 is 2.40 bits per heavy atom. The summed E-state index contributed by atoms with van der Waals surface area (Å²) < 4.78 is 10.7. The number of halogens is 1. The van der Waals surface area contributed by atoms with Crippen molar-refractivity contribution in [3.63, 3.8) is 0 Å². The monoisotopic (exact) mass is 526 g/mol. The number of hydrogen-bond donors (Lipinski definition) is 1. The summed E-state index contributed by atoms with van der Waals surface area (Å²) in [6.07, 6.45) is 5.54. The van der Waals surface area contributed by atoms with Gasteiger partial charge in [0, 0.05) is 52.2 Å². The van der Waals surface area contributed by atoms with Gasteiger partial charge in [0.25, 0.3) is 0 Å². The maximum atomic E-state index is 5.38. The van der Waals surface area contributed by atoms with Gasteiger partial charge in [0.2, 0.25) is 5.95 Å². The molecule has 3 rings (SSSR count). The SMILES string of the molecule is CN=C(NCCCc1ccc(OC)c(OC)c1)N1CCN(c2ncccn2)CC1.I. The molecule has 8 nitrogen and oxygen atoms in total. The third kappa shape index (κ3) is 6.35. The van der Waals surface area contributed by atoms with Gasteiger partial charge in [-0.2, -0.15) is 0 Å². The number of rotatable bonds is 7. The van der Waals surface area contributed by atoms with Gasteiger partial charge in [0.05, 0.1) is 14.2 Å². The summed E-state index contributed by atoms with van der Waals surface area (Å²) in [6, 6.07) is 7.92. The maximum Gasteiger partial charge on any atom is 0.225 e. The number of methoxy groups -OCH3 is 2. The van der Waals surface area contributed by atoms with Crippen LogP contribution in [0.15, 0.2) is 41.7 Å². The summed E-state index contributed by atoms with van der Waals surface area (Å²) in [4.78, 5) is 17.6. The number of aliphatic imine (C=N–C) groups is 1. The van der Waals surface area contributed by atoms with Crippen LogP contribution in [0.3, 0.4) is 0 Å². The molecule has 2 heterocycles. The number of piperazine rings is 1. The van der Waals surface area contributed by atoms with E-state index in [1.54, 1.807) is 26.6 Å². The van der Waals surface area contributed by atoms with Gasteiger partial charge in [-0.25, -0.2) is 9.97 Å². The Morgan fingerprint density at radius 2 is 1.77 bits per heavy atom. The molecule has 164 valence electrons. The molecule has 0 amide bonds. The minimum atomic E-state index is 0. The molecule has 1 saturated heterocycles. The zero-order chi connectivity index (χ0) is 20.5. The predicted molar refractivity (Wildman–Crippen MR) is 130 cm³/mol. The second-order valence-electron chi connectivity index (χ2n) is 6.79. The molecule has 30 heavy (non-hydrogen) atoms. The highest BCUT2D eigenvalue weighted by Gasteiger charge is 2.20. The second kappa shape index (κ2) is 12.4. The maximum absolute atomic E-state index is 5.38. The van der Waals surface area contributed by atoms with Gasteiger partial charge in [0.1, 0.15) is 0 Å². The smallest absolute Gasteiger partial charge is 0.225 e. The lowest BCUT2D eigenvalue weighted by molar-refractivity contribution is 0.354. The Kier molecular flexibility index (Phi) is 9.92. The highest BCUT2D eigenvalue weighted by Crippen LogP contribution is 2.27. The molecule has 0 atom stereocenters. The first-order valence-electron chi connectivity index (χ1n) is 9.93. The molecular formula is C21H31IN6O2. The Labute approximate surface area is 195 Å². The number of nitrogens with one attached hydrogen (secondary N) is 1. The average Bonchev–Trinajstić information content (AvgIpc) is 2.79. The first-order valence-corrected chi connectivity index (χ1v) is 9.93. The molecule has 1 aliphatic heterocycles. The molecule has 0 unspecified atom stereocenters. The molecule has 0 radical (unpaired) electrons. The molecule has 1 aliphatic rings. The zero-order valence-electron chi connectivity index (χ0n) is 17.9. The van der Waals surface area contributed by atoms with E-state index in [0.29, 0.717) is 0 Å². The Balaban J connectivity index is 0.00000320. The summed E-state index contributed by atoms with van der Waals surface area (Å²) in [5.74, 6) is 3.28. The van der Waals surface area contributed by atoms with Crippen LogP contribution < -0.4 is 19.7 Å². The lowest BCUT2D eigenvalue weighted by Gasteiger charge is -2.36. The molecule has 2 aromatic rings. The van der Waals surface area contributed by atoms with Crippen molar-refractivity contribution < 1.29 is 9.47 Å². The number of benzene rings is 1. The molecule has 1 aromatic heterocycles. The number of aryl methyl sites for hydroxylation is 1. The van der Waals surface area contributed by atoms with E-state index in [1.165, 1.54) is 5.56 Å². The van der Waals surface area contributed by atoms with Gasteiger partial charge < -0.3 is 24.6 Å². The van der Waals surface area contributed by atoms with E-state index in [1.807, 2.05) is 25.2 Å². The van der Waals surface area contributed by atoms with Crippen LogP contribution in [0.2, 0.25) is 0 Å². The van der Waals surface area contributed by atoms with Crippen molar-refractivity contribution >= 4 is 35.9 Å². The molecular weight excluding hydrogens is 495 g/mol. The van der Waals surface area contributed by atoms with E-state index < -0.39 is 0 Å². The third-order valence-electron chi connectivity index (χ3n) is 5.00. The quantitative estimate of drug-likeness (QED) is 0.257. The fourth-order valence-corrected chi connectivity index (χ4v) is 3.43. The van der Waals surface area contributed by atoms with E-state index in [4.69, 9.17) is 9.47 Å². The van der Waals surface area contributed by atoms with E-state index >= 15 is 0 Å². The summed E-state index contributed by atoms with van der Waals surface area (Å²) in [6.45, 7) is 4.43. The highest BCUT2D eigenvalue weighted by atomic mass is 127. The zero-order valence-corrected chi connectivity index (χ0v) is 20.2. The number of nitrogens with zero attached hydrogens (tertiary/aromatic N) is 5. The third-order valence-corrected chi connectivity index (χ3v) is 5.00. The number of aromatic nitrogens is 2. The van der Waals surface area contributed by atoms with Crippen molar-refractivity contribution in [2.45, 2.75) is 12.8 Å². The lowest BCUT2D eigenvalue weighted by Crippen LogP contribution is -2.53. The van der Waals surface area contributed by atoms with Gasteiger partial charge in [-0.15, -0.1) is 24.0 Å². The first-order chi connectivity index (χ1) is 14.2. The summed E-state index contributed by atoms with van der Waals surface area (Å²) >= 11 is 0. The Hall–Kier alpha value is -2.30. The largest absolute Gasteiger partial charge is 0.493 e. The minimum Gasteiger partial charge on any atom is -0.493 e. The van der Waals surface area contributed by atoms with E-state index in [0.717, 1.165) is 69.0 Å². The van der Waals surface area contributed by atoms with Crippen LogP contribution >= 0.6 is 24.0 Å². The predicted octanol–water partition coefficient (Wildman–Crippen LogP) is 2.44. The van der Waals surface area contributed by atoms with Crippen LogP contribution in [0.1, 0.15) is 12.0 Å². The van der Waals surface area contributed by atoms with Crippen molar-refractivity contribution in [2.24, 2.45) is 4.99 Å². The first kappa shape index (κ1) is 24.0. The molecule has 9 heteroatoms. The Morgan fingerprint density at radius 1 is 1.07 bits per heavy atom. The Bertz CT molecular complexity index is 797. The summed E-state index contributed by atoms with van der Waals surface area (Å²) in [7, 11) is 5.15. The van der Waals surface area contributed by atoms with Crippen LogP contribution in [0.25, 0.3) is 0 Å². The van der Waals surface area contributed by atoms with Crippen LogP contribution in [0.5, 0.6) is 11.5 Å². The van der Waals surface area contributed by atoms with E-state index in [-0.39, 0.29) is 24.0 Å². The van der Waals surface area contributed by atoms with Crippen molar-refractivity contribution in [2.75, 3.05) is 58.9 Å². The molecule has 0 aliphatic carbocycles. The van der Waals surface area contributed by atoms with Crippen LogP contribution in [-0.4, -0.2) is 74.8 Å².